The molecule has 1 heterocycles. The summed E-state index contributed by atoms with van der Waals surface area (Å²) in [4.78, 5) is 3.34. The lowest BCUT2D eigenvalue weighted by atomic mass is 10.1. The molecule has 0 aliphatic heterocycles. The van der Waals surface area contributed by atoms with Crippen molar-refractivity contribution in [2.24, 2.45) is 0 Å². The van der Waals surface area contributed by atoms with E-state index >= 15 is 0 Å². The van der Waals surface area contributed by atoms with Gasteiger partial charge in [0.1, 0.15) is 0 Å². The molecule has 0 bridgehead atoms. The summed E-state index contributed by atoms with van der Waals surface area (Å²) in [6, 6.07) is 7.07. The molecule has 1 unspecified atom stereocenters. The van der Waals surface area contributed by atoms with Crippen molar-refractivity contribution < 1.29 is 17.7 Å². The minimum absolute atomic E-state index is 0.0596. The van der Waals surface area contributed by atoms with Gasteiger partial charge in [-0.3, -0.25) is 0 Å². The number of alkyl halides is 3. The van der Waals surface area contributed by atoms with Crippen LogP contribution in [-0.4, -0.2) is 16.4 Å². The van der Waals surface area contributed by atoms with E-state index in [-0.39, 0.29) is 5.82 Å². The molecule has 0 fully saturated rings. The Labute approximate surface area is 112 Å². The van der Waals surface area contributed by atoms with Gasteiger partial charge in [0.25, 0.3) is 0 Å². The van der Waals surface area contributed by atoms with E-state index in [0.29, 0.717) is 10.8 Å². The van der Waals surface area contributed by atoms with Gasteiger partial charge in [0.05, 0.1) is 0 Å². The molecule has 0 amide bonds. The Kier molecular flexibility index (Phi) is 3.84. The minimum atomic E-state index is -4.61. The summed E-state index contributed by atoms with van der Waals surface area (Å²) < 4.78 is 41.2. The number of aromatic nitrogens is 2. The van der Waals surface area contributed by atoms with E-state index in [4.69, 9.17) is 0 Å². The van der Waals surface area contributed by atoms with Crippen LogP contribution in [0.15, 0.2) is 28.8 Å². The molecule has 2 aromatic rings. The highest BCUT2D eigenvalue weighted by atomic mass is 32.2. The van der Waals surface area contributed by atoms with Crippen molar-refractivity contribution in [1.29, 1.82) is 0 Å². The Morgan fingerprint density at radius 1 is 1.21 bits per heavy atom. The number of nitrogens with zero attached hydrogens (tertiary/aromatic N) is 2. The predicted molar refractivity (Wildman–Crippen MR) is 66.7 cm³/mol. The summed E-state index contributed by atoms with van der Waals surface area (Å²) in [6.45, 7) is 2.05. The zero-order valence-electron chi connectivity index (χ0n) is 10.2. The molecule has 0 N–H and O–H groups in total. The van der Waals surface area contributed by atoms with Crippen LogP contribution < -0.4 is 0 Å². The van der Waals surface area contributed by atoms with E-state index in [1.165, 1.54) is 0 Å². The van der Waals surface area contributed by atoms with Gasteiger partial charge in [-0.2, -0.15) is 29.9 Å². The van der Waals surface area contributed by atoms with Gasteiger partial charge in [-0.15, -0.1) is 0 Å². The van der Waals surface area contributed by atoms with Crippen molar-refractivity contribution in [3.8, 4) is 11.4 Å². The molecular weight excluding hydrogens is 277 g/mol. The fourth-order valence-electron chi connectivity index (χ4n) is 1.50. The van der Waals surface area contributed by atoms with Gasteiger partial charge in [-0.25, -0.2) is 0 Å². The first kappa shape index (κ1) is 13.9. The molecule has 0 spiro atoms. The average molecular weight is 288 g/mol. The molecule has 102 valence electrons. The van der Waals surface area contributed by atoms with E-state index in [1.54, 1.807) is 23.9 Å². The smallest absolute Gasteiger partial charge is 0.329 e. The van der Waals surface area contributed by atoms with Gasteiger partial charge >= 0.3 is 12.1 Å². The van der Waals surface area contributed by atoms with Crippen LogP contribution in [0.2, 0.25) is 0 Å². The summed E-state index contributed by atoms with van der Waals surface area (Å²) in [5.41, 5.74) is 1.59. The molecule has 1 aromatic heterocycles. The van der Waals surface area contributed by atoms with Crippen molar-refractivity contribution in [2.75, 3.05) is 6.26 Å². The van der Waals surface area contributed by atoms with E-state index < -0.39 is 12.1 Å². The van der Waals surface area contributed by atoms with E-state index in [1.807, 2.05) is 18.4 Å². The number of hydrogen-bond donors (Lipinski definition) is 0. The quantitative estimate of drug-likeness (QED) is 0.849. The molecule has 19 heavy (non-hydrogen) atoms. The van der Waals surface area contributed by atoms with Crippen molar-refractivity contribution >= 4 is 11.8 Å². The number of benzene rings is 1. The summed E-state index contributed by atoms with van der Waals surface area (Å²) in [6.07, 6.45) is -2.62. The van der Waals surface area contributed by atoms with Crippen molar-refractivity contribution in [2.45, 2.75) is 18.3 Å². The molecule has 2 rings (SSSR count). The molecule has 7 heteroatoms. The van der Waals surface area contributed by atoms with Crippen LogP contribution in [0.5, 0.6) is 0 Å². The highest BCUT2D eigenvalue weighted by Crippen LogP contribution is 2.30. The maximum absolute atomic E-state index is 12.3. The number of thioether (sulfide) groups is 1. The first-order valence-electron chi connectivity index (χ1n) is 5.46. The molecular formula is C12H11F3N2OS. The van der Waals surface area contributed by atoms with Gasteiger partial charge in [-0.05, 0) is 18.7 Å². The van der Waals surface area contributed by atoms with Crippen molar-refractivity contribution in [1.82, 2.24) is 10.1 Å². The number of hydrogen-bond acceptors (Lipinski definition) is 4. The van der Waals surface area contributed by atoms with Gasteiger partial charge in [-0.1, -0.05) is 29.4 Å². The topological polar surface area (TPSA) is 38.9 Å². The Morgan fingerprint density at radius 2 is 1.84 bits per heavy atom. The van der Waals surface area contributed by atoms with Crippen LogP contribution in [0.1, 0.15) is 23.6 Å². The Bertz CT molecular complexity index is 551. The maximum Gasteiger partial charge on any atom is 0.471 e. The maximum atomic E-state index is 12.3. The first-order chi connectivity index (χ1) is 8.91. The lowest BCUT2D eigenvalue weighted by molar-refractivity contribution is -0.159. The second-order valence-corrected chi connectivity index (χ2v) is 5.10. The van der Waals surface area contributed by atoms with E-state index in [0.717, 1.165) is 5.56 Å². The lowest BCUT2D eigenvalue weighted by Gasteiger charge is -2.08. The molecule has 0 aliphatic rings. The molecule has 0 saturated carbocycles. The van der Waals surface area contributed by atoms with E-state index in [9.17, 15) is 13.2 Å². The Balaban J connectivity index is 2.25. The van der Waals surface area contributed by atoms with Crippen LogP contribution in [0, 0.1) is 0 Å². The number of rotatable bonds is 3. The molecule has 0 saturated heterocycles. The van der Waals surface area contributed by atoms with Gasteiger partial charge in [0.2, 0.25) is 5.82 Å². The lowest BCUT2D eigenvalue weighted by Crippen LogP contribution is -2.04. The van der Waals surface area contributed by atoms with Gasteiger partial charge in [0.15, 0.2) is 0 Å². The fraction of sp³-hybridized carbons (Fsp3) is 0.333. The molecule has 0 aliphatic carbocycles. The highest BCUT2D eigenvalue weighted by molar-refractivity contribution is 7.98. The molecule has 3 nitrogen and oxygen atoms in total. The summed E-state index contributed by atoms with van der Waals surface area (Å²) in [5, 5.41) is 3.66. The molecule has 0 radical (unpaired) electrons. The Morgan fingerprint density at radius 3 is 2.32 bits per heavy atom. The van der Waals surface area contributed by atoms with Crippen LogP contribution >= 0.6 is 11.8 Å². The van der Waals surface area contributed by atoms with Crippen LogP contribution in [0.3, 0.4) is 0 Å². The SMILES string of the molecule is CSC(C)c1ccc(-c2noc(C(F)(F)F)n2)cc1. The van der Waals surface area contributed by atoms with Gasteiger partial charge in [0, 0.05) is 10.8 Å². The van der Waals surface area contributed by atoms with Gasteiger partial charge < -0.3 is 4.52 Å². The highest BCUT2D eigenvalue weighted by Gasteiger charge is 2.38. The van der Waals surface area contributed by atoms with Crippen LogP contribution in [-0.2, 0) is 6.18 Å². The second-order valence-electron chi connectivity index (χ2n) is 3.92. The fourth-order valence-corrected chi connectivity index (χ4v) is 1.92. The van der Waals surface area contributed by atoms with E-state index in [2.05, 4.69) is 21.6 Å². The zero-order valence-corrected chi connectivity index (χ0v) is 11.0. The molecule has 1 atom stereocenters. The first-order valence-corrected chi connectivity index (χ1v) is 6.74. The average Bonchev–Trinajstić information content (AvgIpc) is 2.87. The largest absolute Gasteiger partial charge is 0.471 e. The van der Waals surface area contributed by atoms with Crippen LogP contribution in [0.4, 0.5) is 13.2 Å². The standard InChI is InChI=1S/C12H11F3N2OS/c1-7(19-2)8-3-5-9(6-4-8)10-16-11(18-17-10)12(13,14)15/h3-7H,1-2H3. The minimum Gasteiger partial charge on any atom is -0.329 e. The Hall–Kier alpha value is -1.50. The van der Waals surface area contributed by atoms with Crippen molar-refractivity contribution in [3.05, 3.63) is 35.7 Å². The molecule has 1 aromatic carbocycles. The third-order valence-electron chi connectivity index (χ3n) is 2.66. The monoisotopic (exact) mass is 288 g/mol. The number of halogens is 3. The third kappa shape index (κ3) is 3.09. The van der Waals surface area contributed by atoms with Crippen molar-refractivity contribution in [3.63, 3.8) is 0 Å². The summed E-state index contributed by atoms with van der Waals surface area (Å²) in [7, 11) is 0. The van der Waals surface area contributed by atoms with Crippen LogP contribution in [0.25, 0.3) is 11.4 Å². The normalized spacial score (nSPS) is 13.5. The predicted octanol–water partition coefficient (Wildman–Crippen LogP) is 4.18. The zero-order chi connectivity index (χ0) is 14.0. The third-order valence-corrected chi connectivity index (χ3v) is 3.64. The summed E-state index contributed by atoms with van der Waals surface area (Å²) >= 11 is 1.69. The second kappa shape index (κ2) is 5.24. The summed E-state index contributed by atoms with van der Waals surface area (Å²) in [5.74, 6) is -1.39.